The van der Waals surface area contributed by atoms with Crippen LogP contribution in [0, 0.1) is 5.41 Å². The van der Waals surface area contributed by atoms with Gasteiger partial charge < -0.3 is 16.2 Å². The number of aliphatic hydroxyl groups excluding tert-OH is 1. The fraction of sp³-hybridized carbons (Fsp3) is 0.562. The Bertz CT molecular complexity index is 430. The molecule has 0 atom stereocenters. The second-order valence-corrected chi connectivity index (χ2v) is 5.96. The standard InChI is InChI=1S/C16H26N2O2/c1-16(2,8-9-17)7-6-15(20)18-11-13-4-3-5-14(10-13)12-19/h3-5,10,19H,6-9,11-12,17H2,1-2H3,(H,18,20). The average Bonchev–Trinajstić information content (AvgIpc) is 2.43. The van der Waals surface area contributed by atoms with Gasteiger partial charge in [-0.25, -0.2) is 0 Å². The Kier molecular flexibility index (Phi) is 6.68. The molecule has 0 saturated heterocycles. The van der Waals surface area contributed by atoms with Crippen LogP contribution in [0.4, 0.5) is 0 Å². The van der Waals surface area contributed by atoms with E-state index in [9.17, 15) is 4.79 Å². The number of benzene rings is 1. The molecule has 0 saturated carbocycles. The molecule has 4 N–H and O–H groups in total. The first-order valence-corrected chi connectivity index (χ1v) is 7.12. The van der Waals surface area contributed by atoms with Crippen LogP contribution in [0.25, 0.3) is 0 Å². The lowest BCUT2D eigenvalue weighted by atomic mass is 9.84. The van der Waals surface area contributed by atoms with Crippen LogP contribution >= 0.6 is 0 Å². The summed E-state index contributed by atoms with van der Waals surface area (Å²) >= 11 is 0. The molecule has 1 rings (SSSR count). The Morgan fingerprint density at radius 1 is 1.30 bits per heavy atom. The van der Waals surface area contributed by atoms with Gasteiger partial charge in [0.05, 0.1) is 6.61 Å². The Balaban J connectivity index is 2.36. The predicted octanol–water partition coefficient (Wildman–Crippen LogP) is 1.95. The van der Waals surface area contributed by atoms with Gasteiger partial charge in [0, 0.05) is 13.0 Å². The van der Waals surface area contributed by atoms with E-state index in [1.165, 1.54) is 0 Å². The molecule has 20 heavy (non-hydrogen) atoms. The average molecular weight is 278 g/mol. The van der Waals surface area contributed by atoms with Crippen LogP contribution in [-0.2, 0) is 17.9 Å². The van der Waals surface area contributed by atoms with Crippen LogP contribution in [-0.4, -0.2) is 17.6 Å². The SMILES string of the molecule is CC(C)(CCN)CCC(=O)NCc1cccc(CO)c1. The summed E-state index contributed by atoms with van der Waals surface area (Å²) in [6, 6.07) is 7.59. The first-order valence-electron chi connectivity index (χ1n) is 7.12. The third-order valence-corrected chi connectivity index (χ3v) is 3.51. The normalized spacial score (nSPS) is 11.4. The highest BCUT2D eigenvalue weighted by Gasteiger charge is 2.18. The van der Waals surface area contributed by atoms with Crippen molar-refractivity contribution in [1.82, 2.24) is 5.32 Å². The molecule has 4 heteroatoms. The zero-order valence-electron chi connectivity index (χ0n) is 12.5. The van der Waals surface area contributed by atoms with Gasteiger partial charge in [-0.2, -0.15) is 0 Å². The lowest BCUT2D eigenvalue weighted by Gasteiger charge is -2.23. The van der Waals surface area contributed by atoms with Crippen LogP contribution < -0.4 is 11.1 Å². The lowest BCUT2D eigenvalue weighted by Crippen LogP contribution is -2.25. The summed E-state index contributed by atoms with van der Waals surface area (Å²) in [4.78, 5) is 11.8. The monoisotopic (exact) mass is 278 g/mol. The van der Waals surface area contributed by atoms with Gasteiger partial charge in [-0.05, 0) is 35.9 Å². The van der Waals surface area contributed by atoms with Crippen molar-refractivity contribution in [3.63, 3.8) is 0 Å². The van der Waals surface area contributed by atoms with Gasteiger partial charge in [-0.3, -0.25) is 4.79 Å². The maximum absolute atomic E-state index is 11.8. The van der Waals surface area contributed by atoms with Crippen LogP contribution in [0.5, 0.6) is 0 Å². The third kappa shape index (κ3) is 6.17. The zero-order valence-corrected chi connectivity index (χ0v) is 12.5. The van der Waals surface area contributed by atoms with E-state index < -0.39 is 0 Å². The van der Waals surface area contributed by atoms with Crippen molar-refractivity contribution in [2.45, 2.75) is 46.3 Å². The van der Waals surface area contributed by atoms with Gasteiger partial charge in [-0.15, -0.1) is 0 Å². The molecule has 0 radical (unpaired) electrons. The first-order chi connectivity index (χ1) is 9.46. The number of rotatable bonds is 8. The minimum absolute atomic E-state index is 0.0229. The number of hydrogen-bond acceptors (Lipinski definition) is 3. The molecule has 0 spiro atoms. The predicted molar refractivity (Wildman–Crippen MR) is 80.9 cm³/mol. The van der Waals surface area contributed by atoms with E-state index in [-0.39, 0.29) is 17.9 Å². The van der Waals surface area contributed by atoms with Crippen molar-refractivity contribution in [3.8, 4) is 0 Å². The molecule has 112 valence electrons. The van der Waals surface area contributed by atoms with Crippen molar-refractivity contribution in [2.24, 2.45) is 11.1 Å². The third-order valence-electron chi connectivity index (χ3n) is 3.51. The van der Waals surface area contributed by atoms with Crippen LogP contribution in [0.1, 0.15) is 44.2 Å². The number of carbonyl (C=O) groups excluding carboxylic acids is 1. The Hall–Kier alpha value is -1.39. The van der Waals surface area contributed by atoms with E-state index in [4.69, 9.17) is 10.8 Å². The minimum atomic E-state index is 0.0229. The molecule has 0 aliphatic rings. The summed E-state index contributed by atoms with van der Waals surface area (Å²) in [5, 5.41) is 12.0. The van der Waals surface area contributed by atoms with E-state index in [2.05, 4.69) is 19.2 Å². The van der Waals surface area contributed by atoms with E-state index >= 15 is 0 Å². The largest absolute Gasteiger partial charge is 0.392 e. The highest BCUT2D eigenvalue weighted by molar-refractivity contribution is 5.75. The molecule has 0 heterocycles. The minimum Gasteiger partial charge on any atom is -0.392 e. The zero-order chi connectivity index (χ0) is 15.0. The molecule has 0 aliphatic heterocycles. The lowest BCUT2D eigenvalue weighted by molar-refractivity contribution is -0.121. The van der Waals surface area contributed by atoms with Crippen molar-refractivity contribution < 1.29 is 9.90 Å². The van der Waals surface area contributed by atoms with Gasteiger partial charge in [0.2, 0.25) is 5.91 Å². The van der Waals surface area contributed by atoms with Gasteiger partial charge in [-0.1, -0.05) is 38.1 Å². The molecule has 0 unspecified atom stereocenters. The second-order valence-electron chi connectivity index (χ2n) is 5.96. The summed E-state index contributed by atoms with van der Waals surface area (Å²) in [5.74, 6) is 0.0597. The smallest absolute Gasteiger partial charge is 0.220 e. The number of nitrogens with one attached hydrogen (secondary N) is 1. The van der Waals surface area contributed by atoms with Crippen LogP contribution in [0.2, 0.25) is 0 Å². The highest BCUT2D eigenvalue weighted by atomic mass is 16.3. The number of amides is 1. The van der Waals surface area contributed by atoms with Crippen molar-refractivity contribution in [3.05, 3.63) is 35.4 Å². The topological polar surface area (TPSA) is 75.4 Å². The number of nitrogens with two attached hydrogens (primary N) is 1. The van der Waals surface area contributed by atoms with Crippen molar-refractivity contribution in [1.29, 1.82) is 0 Å². The van der Waals surface area contributed by atoms with Gasteiger partial charge >= 0.3 is 0 Å². The van der Waals surface area contributed by atoms with Crippen molar-refractivity contribution >= 4 is 5.91 Å². The van der Waals surface area contributed by atoms with Gasteiger partial charge in [0.15, 0.2) is 0 Å². The molecule has 0 aliphatic carbocycles. The van der Waals surface area contributed by atoms with E-state index in [1.54, 1.807) is 0 Å². The summed E-state index contributed by atoms with van der Waals surface area (Å²) in [6.07, 6.45) is 2.29. The Labute approximate surface area is 121 Å². The quantitative estimate of drug-likeness (QED) is 0.680. The summed E-state index contributed by atoms with van der Waals surface area (Å²) in [6.45, 7) is 5.46. The first kappa shape index (κ1) is 16.7. The fourth-order valence-electron chi connectivity index (χ4n) is 2.09. The van der Waals surface area contributed by atoms with Crippen molar-refractivity contribution in [2.75, 3.05) is 6.54 Å². The molecule has 0 fully saturated rings. The summed E-state index contributed by atoms with van der Waals surface area (Å²) < 4.78 is 0. The van der Waals surface area contributed by atoms with E-state index in [0.717, 1.165) is 24.0 Å². The van der Waals surface area contributed by atoms with Crippen LogP contribution in [0.15, 0.2) is 24.3 Å². The molecule has 1 aromatic carbocycles. The highest BCUT2D eigenvalue weighted by Crippen LogP contribution is 2.25. The molecular weight excluding hydrogens is 252 g/mol. The summed E-state index contributed by atoms with van der Waals surface area (Å²) in [5.41, 5.74) is 7.54. The molecule has 4 nitrogen and oxygen atoms in total. The van der Waals surface area contributed by atoms with E-state index in [1.807, 2.05) is 24.3 Å². The maximum Gasteiger partial charge on any atom is 0.220 e. The molecular formula is C16H26N2O2. The molecule has 1 aromatic rings. The summed E-state index contributed by atoms with van der Waals surface area (Å²) in [7, 11) is 0. The molecule has 0 aromatic heterocycles. The Morgan fingerprint density at radius 2 is 2.00 bits per heavy atom. The Morgan fingerprint density at radius 3 is 2.65 bits per heavy atom. The van der Waals surface area contributed by atoms with Crippen LogP contribution in [0.3, 0.4) is 0 Å². The van der Waals surface area contributed by atoms with Gasteiger partial charge in [0.25, 0.3) is 0 Å². The number of carbonyl (C=O) groups is 1. The number of hydrogen-bond donors (Lipinski definition) is 3. The van der Waals surface area contributed by atoms with E-state index in [0.29, 0.717) is 19.5 Å². The second kappa shape index (κ2) is 8.02. The molecule has 0 bridgehead atoms. The number of aliphatic hydroxyl groups is 1. The maximum atomic E-state index is 11.8. The molecule has 1 amide bonds. The fourth-order valence-corrected chi connectivity index (χ4v) is 2.09. The van der Waals surface area contributed by atoms with Gasteiger partial charge in [0.1, 0.15) is 0 Å².